The first-order valence-electron chi connectivity index (χ1n) is 4.20. The van der Waals surface area contributed by atoms with Gasteiger partial charge in [0.15, 0.2) is 6.29 Å². The van der Waals surface area contributed by atoms with Crippen molar-refractivity contribution >= 4 is 6.29 Å². The number of hydrogen-bond donors (Lipinski definition) is 1. The number of halogens is 1. The molecule has 15 heavy (non-hydrogen) atoms. The van der Waals surface area contributed by atoms with Gasteiger partial charge >= 0.3 is 29.6 Å². The summed E-state index contributed by atoms with van der Waals surface area (Å²) in [7, 11) is 0. The third-order valence-corrected chi connectivity index (χ3v) is 2.01. The molecule has 1 N–H and O–H groups in total. The standard InChI is InChI=1S/C11H8FNO.Na.H/c12-10-4-2-1-3-9(10)11-5-8(7-14)6-13-11;;/h1-7,13H;;/q;+1;-1. The molecule has 0 bridgehead atoms. The molecular formula is C11H9FNNaO. The maximum absolute atomic E-state index is 13.3. The van der Waals surface area contributed by atoms with E-state index in [1.165, 1.54) is 6.07 Å². The van der Waals surface area contributed by atoms with Crippen molar-refractivity contribution in [1.29, 1.82) is 0 Å². The molecule has 0 spiro atoms. The molecule has 0 unspecified atom stereocenters. The molecule has 0 fully saturated rings. The van der Waals surface area contributed by atoms with Gasteiger partial charge in [0.2, 0.25) is 0 Å². The summed E-state index contributed by atoms with van der Waals surface area (Å²) in [6.45, 7) is 0. The Morgan fingerprint density at radius 3 is 2.67 bits per heavy atom. The van der Waals surface area contributed by atoms with Crippen LogP contribution < -0.4 is 29.6 Å². The quantitative estimate of drug-likeness (QED) is 0.541. The summed E-state index contributed by atoms with van der Waals surface area (Å²) in [5, 5.41) is 0. The van der Waals surface area contributed by atoms with E-state index in [1.807, 2.05) is 0 Å². The molecule has 0 saturated heterocycles. The molecular weight excluding hydrogens is 204 g/mol. The fraction of sp³-hybridized carbons (Fsp3) is 0. The zero-order chi connectivity index (χ0) is 9.97. The average Bonchev–Trinajstić information content (AvgIpc) is 2.67. The van der Waals surface area contributed by atoms with E-state index in [4.69, 9.17) is 0 Å². The number of benzene rings is 1. The van der Waals surface area contributed by atoms with Crippen LogP contribution in [0.4, 0.5) is 4.39 Å². The second-order valence-electron chi connectivity index (χ2n) is 2.94. The van der Waals surface area contributed by atoms with Gasteiger partial charge in [0.1, 0.15) is 5.82 Å². The topological polar surface area (TPSA) is 32.9 Å². The van der Waals surface area contributed by atoms with Crippen molar-refractivity contribution in [3.05, 3.63) is 47.9 Å². The van der Waals surface area contributed by atoms with Gasteiger partial charge in [-0.15, -0.1) is 0 Å². The van der Waals surface area contributed by atoms with Gasteiger partial charge in [-0.25, -0.2) is 4.39 Å². The largest absolute Gasteiger partial charge is 1.00 e. The van der Waals surface area contributed by atoms with E-state index >= 15 is 0 Å². The summed E-state index contributed by atoms with van der Waals surface area (Å²) < 4.78 is 13.3. The van der Waals surface area contributed by atoms with Gasteiger partial charge in [-0.05, 0) is 18.2 Å². The fourth-order valence-corrected chi connectivity index (χ4v) is 1.31. The van der Waals surface area contributed by atoms with Crippen molar-refractivity contribution < 1.29 is 40.2 Å². The monoisotopic (exact) mass is 213 g/mol. The maximum Gasteiger partial charge on any atom is 1.00 e. The molecule has 2 nitrogen and oxygen atoms in total. The number of aromatic nitrogens is 1. The number of hydrogen-bond acceptors (Lipinski definition) is 1. The summed E-state index contributed by atoms with van der Waals surface area (Å²) in [6, 6.07) is 8.04. The Balaban J connectivity index is 0.00000112. The minimum absolute atomic E-state index is 0. The first-order valence-corrected chi connectivity index (χ1v) is 4.20. The Bertz CT molecular complexity index is 473. The van der Waals surface area contributed by atoms with Gasteiger partial charge in [-0.1, -0.05) is 12.1 Å². The second-order valence-corrected chi connectivity index (χ2v) is 2.94. The van der Waals surface area contributed by atoms with Gasteiger partial charge < -0.3 is 6.41 Å². The molecule has 1 heterocycles. The maximum atomic E-state index is 13.3. The molecule has 2 aromatic rings. The summed E-state index contributed by atoms with van der Waals surface area (Å²) in [4.78, 5) is 13.3. The molecule has 1 aromatic heterocycles. The van der Waals surface area contributed by atoms with E-state index in [-0.39, 0.29) is 36.8 Å². The van der Waals surface area contributed by atoms with E-state index in [1.54, 1.807) is 30.5 Å². The van der Waals surface area contributed by atoms with Gasteiger partial charge in [0, 0.05) is 23.0 Å². The molecule has 0 aliphatic heterocycles. The van der Waals surface area contributed by atoms with E-state index in [0.29, 0.717) is 16.8 Å². The van der Waals surface area contributed by atoms with Crippen molar-refractivity contribution in [3.63, 3.8) is 0 Å². The Kier molecular flexibility index (Phi) is 4.27. The molecule has 72 valence electrons. The van der Waals surface area contributed by atoms with E-state index in [0.717, 1.165) is 6.29 Å². The van der Waals surface area contributed by atoms with Crippen LogP contribution in [0, 0.1) is 5.82 Å². The van der Waals surface area contributed by atoms with Crippen molar-refractivity contribution in [2.45, 2.75) is 0 Å². The molecule has 2 rings (SSSR count). The van der Waals surface area contributed by atoms with Crippen molar-refractivity contribution in [1.82, 2.24) is 4.98 Å². The summed E-state index contributed by atoms with van der Waals surface area (Å²) in [5.41, 5.74) is 1.61. The Morgan fingerprint density at radius 2 is 2.07 bits per heavy atom. The van der Waals surface area contributed by atoms with E-state index in [2.05, 4.69) is 4.98 Å². The summed E-state index contributed by atoms with van der Waals surface area (Å²) >= 11 is 0. The first kappa shape index (κ1) is 12.2. The van der Waals surface area contributed by atoms with Gasteiger partial charge in [0.05, 0.1) is 0 Å². The smallest absolute Gasteiger partial charge is 1.00 e. The first-order chi connectivity index (χ1) is 6.81. The molecule has 0 amide bonds. The van der Waals surface area contributed by atoms with Crippen LogP contribution in [0.3, 0.4) is 0 Å². The minimum atomic E-state index is -0.299. The number of H-pyrrole nitrogens is 1. The van der Waals surface area contributed by atoms with Gasteiger partial charge in [-0.2, -0.15) is 0 Å². The van der Waals surface area contributed by atoms with Crippen LogP contribution in [0.1, 0.15) is 11.8 Å². The minimum Gasteiger partial charge on any atom is -1.00 e. The molecule has 4 heteroatoms. The van der Waals surface area contributed by atoms with E-state index in [9.17, 15) is 9.18 Å². The molecule has 0 aliphatic carbocycles. The van der Waals surface area contributed by atoms with Gasteiger partial charge in [0.25, 0.3) is 0 Å². The SMILES string of the molecule is O=Cc1c[nH]c(-c2ccccc2F)c1.[H-].[Na+]. The number of nitrogens with one attached hydrogen (secondary N) is 1. The van der Waals surface area contributed by atoms with Crippen LogP contribution in [0.5, 0.6) is 0 Å². The second kappa shape index (κ2) is 5.26. The zero-order valence-corrected chi connectivity index (χ0v) is 10.3. The molecule has 0 saturated carbocycles. The molecule has 1 aromatic carbocycles. The predicted octanol–water partition coefficient (Wildman–Crippen LogP) is -0.250. The van der Waals surface area contributed by atoms with Crippen LogP contribution in [0.15, 0.2) is 36.5 Å². The van der Waals surface area contributed by atoms with Crippen molar-refractivity contribution in [2.75, 3.05) is 0 Å². The fourth-order valence-electron chi connectivity index (χ4n) is 1.31. The number of aromatic amines is 1. The Labute approximate surface area is 110 Å². The third kappa shape index (κ3) is 2.56. The normalized spacial score (nSPS) is 9.40. The number of aldehydes is 1. The zero-order valence-electron chi connectivity index (χ0n) is 9.33. The van der Waals surface area contributed by atoms with E-state index < -0.39 is 0 Å². The van der Waals surface area contributed by atoms with Crippen LogP contribution in [0.25, 0.3) is 11.3 Å². The Hall–Kier alpha value is -0.900. The Morgan fingerprint density at radius 1 is 1.33 bits per heavy atom. The van der Waals surface area contributed by atoms with Crippen LogP contribution in [-0.2, 0) is 0 Å². The van der Waals surface area contributed by atoms with Crippen LogP contribution in [-0.4, -0.2) is 11.3 Å². The third-order valence-electron chi connectivity index (χ3n) is 2.01. The number of carbonyl (C=O) groups excluding carboxylic acids is 1. The van der Waals surface area contributed by atoms with Crippen LogP contribution in [0.2, 0.25) is 0 Å². The predicted molar refractivity (Wildman–Crippen MR) is 52.7 cm³/mol. The van der Waals surface area contributed by atoms with Crippen molar-refractivity contribution in [2.24, 2.45) is 0 Å². The van der Waals surface area contributed by atoms with Gasteiger partial charge in [-0.3, -0.25) is 4.79 Å². The number of carbonyl (C=O) groups is 1. The summed E-state index contributed by atoms with van der Waals surface area (Å²) in [5.74, 6) is -0.299. The average molecular weight is 213 g/mol. The number of rotatable bonds is 2. The molecule has 0 radical (unpaired) electrons. The van der Waals surface area contributed by atoms with Crippen molar-refractivity contribution in [3.8, 4) is 11.3 Å². The molecule has 0 atom stereocenters. The van der Waals surface area contributed by atoms with Crippen LogP contribution >= 0.6 is 0 Å². The summed E-state index contributed by atoms with van der Waals surface area (Å²) in [6.07, 6.45) is 2.27. The molecule has 0 aliphatic rings.